The van der Waals surface area contributed by atoms with Gasteiger partial charge in [-0.3, -0.25) is 19.2 Å². The van der Waals surface area contributed by atoms with Crippen molar-refractivity contribution in [1.29, 1.82) is 0 Å². The second-order valence-corrected chi connectivity index (χ2v) is 16.0. The van der Waals surface area contributed by atoms with Crippen LogP contribution in [0.15, 0.2) is 85.0 Å². The number of carboxylic acids is 1. The summed E-state index contributed by atoms with van der Waals surface area (Å²) in [5.74, 6) is -7.82. The number of aliphatic hydroxyl groups excluding tert-OH is 2. The van der Waals surface area contributed by atoms with Crippen molar-refractivity contribution in [2.24, 2.45) is 0 Å². The van der Waals surface area contributed by atoms with E-state index in [1.54, 1.807) is 28.0 Å². The van der Waals surface area contributed by atoms with Crippen molar-refractivity contribution in [3.8, 4) is 0 Å². The molecule has 2 aromatic carbocycles. The number of likely N-dealkylation sites (tertiary alicyclic amines) is 2. The Kier molecular flexibility index (Phi) is 26.6. The maximum absolute atomic E-state index is 14.5. The van der Waals surface area contributed by atoms with Crippen molar-refractivity contribution >= 4 is 23.8 Å². The van der Waals surface area contributed by atoms with Gasteiger partial charge in [-0.15, -0.1) is 0 Å². The van der Waals surface area contributed by atoms with Crippen molar-refractivity contribution in [3.63, 3.8) is 0 Å². The molecule has 2 amide bonds. The molecule has 63 heavy (non-hydrogen) atoms. The summed E-state index contributed by atoms with van der Waals surface area (Å²) < 4.78 is 63.0. The molecule has 2 heterocycles. The molecule has 11 nitrogen and oxygen atoms in total. The van der Waals surface area contributed by atoms with Crippen LogP contribution >= 0.6 is 0 Å². The van der Waals surface area contributed by atoms with Crippen LogP contribution < -0.4 is 18.9 Å². The first-order chi connectivity index (χ1) is 29.0. The van der Waals surface area contributed by atoms with Crippen molar-refractivity contribution in [3.05, 3.63) is 96.1 Å². The van der Waals surface area contributed by atoms with Crippen LogP contribution in [-0.2, 0) is 35.8 Å². The van der Waals surface area contributed by atoms with E-state index in [1.165, 1.54) is 54.6 Å². The number of unbranched alkanes of at least 4 members (excludes halogenated alkanes) is 6. The normalized spacial score (nSPS) is 18.0. The summed E-state index contributed by atoms with van der Waals surface area (Å²) in [4.78, 5) is 50.2. The van der Waals surface area contributed by atoms with Gasteiger partial charge in [0.1, 0.15) is 12.2 Å². The Bertz CT molecular complexity index is 1700. The Morgan fingerprint density at radius 2 is 1.06 bits per heavy atom. The van der Waals surface area contributed by atoms with E-state index >= 15 is 0 Å². The number of halogens is 4. The predicted octanol–water partition coefficient (Wildman–Crippen LogP) is 5.92. The number of piperidine rings is 2. The average Bonchev–Trinajstić information content (AvgIpc) is 3.23. The zero-order chi connectivity index (χ0) is 44.8. The molecule has 16 heteroatoms. The monoisotopic (exact) mass is 884 g/mol. The van der Waals surface area contributed by atoms with Crippen LogP contribution in [0, 0.1) is 0 Å². The van der Waals surface area contributed by atoms with Gasteiger partial charge in [-0.05, 0) is 65.2 Å². The summed E-state index contributed by atoms with van der Waals surface area (Å²) in [6.07, 6.45) is 11.6. The summed E-state index contributed by atoms with van der Waals surface area (Å²) >= 11 is 0. The number of aliphatic carboxylic acids is 1. The fraction of sp³-hybridized carbons (Fsp3) is 0.574. The van der Waals surface area contributed by atoms with Crippen LogP contribution in [0.25, 0.3) is 0 Å². The van der Waals surface area contributed by atoms with Crippen molar-refractivity contribution < 1.29 is 81.1 Å². The van der Waals surface area contributed by atoms with E-state index in [-0.39, 0.29) is 77.9 Å². The largest absolute Gasteiger partial charge is 1.00 e. The standard InChI is InChI=1S/C25H35F2NO4.C22H29F2NO4.Li.H2O/c1-19(2)32-24(31)15-8-3-4-9-18-28-21(13-10-14-23(28)30)16-17-22(29)25(26,27)20-11-6-5-7-12-20;23-22(24,17-9-4-3-5-10-17)19(26)15-14-18-11-8-12-20(27)25(18)16-7-2-1-6-13-21(28)29;;/h5-7,11-12,16-17,19,21-22,29H,3-4,8-10,13-15,18H2,1-2H3;3-5,9-10,14-15,18-19,26H,1-2,6-8,11-13,16H2,(H,28,29);;1H2/q;;+1;/p-1/b17-16+;15-14+;;/t21-,22-;18-,19-;;/m11../s1. The van der Waals surface area contributed by atoms with E-state index in [0.717, 1.165) is 57.1 Å². The minimum Gasteiger partial charge on any atom is -0.870 e. The SMILES string of the molecule is CC(C)OC(=O)CCCCCCN1C(=O)CCC[C@@H]1/C=C/[C@@H](O)C(F)(F)c1ccccc1.O=C(O)CCCCCCN1C(=O)CCC[C@@H]1/C=C/[C@@H](O)C(F)(F)c1ccccc1.[Li+].[OH-]. The maximum Gasteiger partial charge on any atom is 1.00 e. The van der Waals surface area contributed by atoms with Gasteiger partial charge in [0.15, 0.2) is 0 Å². The second-order valence-electron chi connectivity index (χ2n) is 16.0. The molecule has 0 aliphatic carbocycles. The van der Waals surface area contributed by atoms with Gasteiger partial charge in [-0.25, -0.2) is 0 Å². The first-order valence-corrected chi connectivity index (χ1v) is 21.6. The average molecular weight is 885 g/mol. The first kappa shape index (κ1) is 57.0. The molecule has 0 radical (unpaired) electrons. The third-order valence-corrected chi connectivity index (χ3v) is 10.8. The van der Waals surface area contributed by atoms with Crippen LogP contribution in [0.3, 0.4) is 0 Å². The quantitative estimate of drug-likeness (QED) is 0.0403. The number of amides is 2. The Morgan fingerprint density at radius 3 is 1.44 bits per heavy atom. The topological polar surface area (TPSA) is 175 Å². The van der Waals surface area contributed by atoms with Gasteiger partial charge in [0.2, 0.25) is 11.8 Å². The first-order valence-electron chi connectivity index (χ1n) is 21.6. The molecule has 0 spiro atoms. The van der Waals surface area contributed by atoms with Crippen molar-refractivity contribution in [2.75, 3.05) is 13.1 Å². The van der Waals surface area contributed by atoms with Gasteiger partial charge < -0.3 is 35.3 Å². The molecule has 2 aliphatic heterocycles. The third-order valence-electron chi connectivity index (χ3n) is 10.8. The number of benzene rings is 2. The number of ether oxygens (including phenoxy) is 1. The molecular formula is C47H65F4LiN2O9. The van der Waals surface area contributed by atoms with Gasteiger partial charge in [-0.2, -0.15) is 17.6 Å². The number of hydrogen-bond acceptors (Lipinski definition) is 8. The summed E-state index contributed by atoms with van der Waals surface area (Å²) in [6, 6.07) is 13.8. The zero-order valence-electron chi connectivity index (χ0n) is 36.9. The van der Waals surface area contributed by atoms with Crippen LogP contribution in [0.1, 0.15) is 128 Å². The fourth-order valence-electron chi connectivity index (χ4n) is 7.38. The molecule has 2 aromatic rings. The Morgan fingerprint density at radius 1 is 0.683 bits per heavy atom. The van der Waals surface area contributed by atoms with Crippen LogP contribution in [-0.4, -0.2) is 97.8 Å². The molecular weight excluding hydrogens is 819 g/mol. The maximum atomic E-state index is 14.5. The number of carbonyl (C=O) groups is 4. The summed E-state index contributed by atoms with van der Waals surface area (Å²) in [5.41, 5.74) is -0.499. The second kappa shape index (κ2) is 29.4. The van der Waals surface area contributed by atoms with E-state index in [9.17, 15) is 47.0 Å². The number of carboxylic acid groups (broad SMARTS) is 1. The van der Waals surface area contributed by atoms with Gasteiger partial charge in [-0.1, -0.05) is 111 Å². The van der Waals surface area contributed by atoms with Gasteiger partial charge >= 0.3 is 42.6 Å². The van der Waals surface area contributed by atoms with Crippen molar-refractivity contribution in [2.45, 2.75) is 159 Å². The molecule has 2 aliphatic rings. The summed E-state index contributed by atoms with van der Waals surface area (Å²) in [6.45, 7) is 4.68. The molecule has 0 saturated carbocycles. The number of carbonyl (C=O) groups excluding carboxylic acids is 3. The van der Waals surface area contributed by atoms with E-state index in [4.69, 9.17) is 9.84 Å². The number of aliphatic hydroxyl groups is 2. The summed E-state index contributed by atoms with van der Waals surface area (Å²) in [5, 5.41) is 28.8. The molecule has 0 unspecified atom stereocenters. The Balaban J connectivity index is 0.000000613. The molecule has 4 N–H and O–H groups in total. The zero-order valence-corrected chi connectivity index (χ0v) is 36.9. The fourth-order valence-corrected chi connectivity index (χ4v) is 7.38. The third kappa shape index (κ3) is 19.7. The Labute approximate surface area is 381 Å². The minimum absolute atomic E-state index is 0. The van der Waals surface area contributed by atoms with E-state index in [2.05, 4.69) is 0 Å². The predicted molar refractivity (Wildman–Crippen MR) is 227 cm³/mol. The van der Waals surface area contributed by atoms with Crippen LogP contribution in [0.2, 0.25) is 0 Å². The molecule has 0 bridgehead atoms. The minimum atomic E-state index is -3.41. The molecule has 2 saturated heterocycles. The number of hydrogen-bond donors (Lipinski definition) is 3. The van der Waals surface area contributed by atoms with Crippen LogP contribution in [0.4, 0.5) is 17.6 Å². The number of alkyl halides is 4. The van der Waals surface area contributed by atoms with Gasteiger partial charge in [0.05, 0.1) is 18.2 Å². The smallest absolute Gasteiger partial charge is 0.870 e. The number of nitrogens with zero attached hydrogens (tertiary/aromatic N) is 2. The molecule has 346 valence electrons. The molecule has 0 aromatic heterocycles. The van der Waals surface area contributed by atoms with Gasteiger partial charge in [0, 0.05) is 49.9 Å². The van der Waals surface area contributed by atoms with Crippen LogP contribution in [0.5, 0.6) is 0 Å². The van der Waals surface area contributed by atoms with E-state index < -0.39 is 30.0 Å². The molecule has 4 rings (SSSR count). The Hall–Kier alpha value is -4.00. The van der Waals surface area contributed by atoms with E-state index in [0.29, 0.717) is 64.5 Å². The van der Waals surface area contributed by atoms with E-state index in [1.807, 2.05) is 13.8 Å². The molecule has 4 atom stereocenters. The number of rotatable bonds is 23. The van der Waals surface area contributed by atoms with Crippen molar-refractivity contribution in [1.82, 2.24) is 9.80 Å². The number of esters is 1. The molecule has 2 fully saturated rings. The summed E-state index contributed by atoms with van der Waals surface area (Å²) in [7, 11) is 0. The van der Waals surface area contributed by atoms with Gasteiger partial charge in [0.25, 0.3) is 0 Å².